The van der Waals surface area contributed by atoms with E-state index in [9.17, 15) is 5.11 Å². The van der Waals surface area contributed by atoms with Crippen molar-refractivity contribution in [1.29, 1.82) is 0 Å². The first-order chi connectivity index (χ1) is 9.69. The minimum atomic E-state index is 0.137. The molecule has 106 valence electrons. The first-order valence-corrected chi connectivity index (χ1v) is 8.37. The second-order valence-corrected chi connectivity index (χ2v) is 6.81. The molecule has 0 saturated heterocycles. The van der Waals surface area contributed by atoms with E-state index in [4.69, 9.17) is 16.6 Å². The Hall–Kier alpha value is -1.06. The highest BCUT2D eigenvalue weighted by Gasteiger charge is 2.24. The number of aromatic hydroxyl groups is 1. The lowest BCUT2D eigenvalue weighted by atomic mass is 10.00. The van der Waals surface area contributed by atoms with Gasteiger partial charge in [-0.3, -0.25) is 0 Å². The molecule has 0 atom stereocenters. The fourth-order valence-electron chi connectivity index (χ4n) is 2.86. The lowest BCUT2D eigenvalue weighted by Crippen LogP contribution is -1.95. The fourth-order valence-corrected chi connectivity index (χ4v) is 4.13. The molecule has 1 aliphatic carbocycles. The van der Waals surface area contributed by atoms with Gasteiger partial charge in [0, 0.05) is 5.92 Å². The number of rotatable bonds is 3. The second kappa shape index (κ2) is 5.74. The van der Waals surface area contributed by atoms with Crippen LogP contribution >= 0.6 is 22.9 Å². The standard InChI is InChI=1S/C16H18ClNOS/c1-2-14-18-15(10-5-3-4-6-10)16(20-14)11-7-8-13(19)12(17)9-11/h7-10,19H,2-6H2,1H3. The number of nitrogens with zero attached hydrogens (tertiary/aromatic N) is 1. The van der Waals surface area contributed by atoms with E-state index in [-0.39, 0.29) is 5.75 Å². The van der Waals surface area contributed by atoms with Crippen LogP contribution in [0.3, 0.4) is 0 Å². The van der Waals surface area contributed by atoms with Crippen LogP contribution in [0.5, 0.6) is 5.75 Å². The summed E-state index contributed by atoms with van der Waals surface area (Å²) in [6.45, 7) is 2.14. The Kier molecular flexibility index (Phi) is 3.99. The van der Waals surface area contributed by atoms with Crippen molar-refractivity contribution in [2.24, 2.45) is 0 Å². The van der Waals surface area contributed by atoms with Crippen LogP contribution in [0.1, 0.15) is 49.2 Å². The van der Waals surface area contributed by atoms with Gasteiger partial charge < -0.3 is 5.11 Å². The molecule has 0 aliphatic heterocycles. The van der Waals surface area contributed by atoms with Gasteiger partial charge >= 0.3 is 0 Å². The maximum absolute atomic E-state index is 9.58. The smallest absolute Gasteiger partial charge is 0.134 e. The number of hydrogen-bond donors (Lipinski definition) is 1. The van der Waals surface area contributed by atoms with Crippen LogP contribution < -0.4 is 0 Å². The van der Waals surface area contributed by atoms with Crippen LogP contribution in [-0.4, -0.2) is 10.1 Å². The van der Waals surface area contributed by atoms with E-state index in [1.54, 1.807) is 17.4 Å². The summed E-state index contributed by atoms with van der Waals surface area (Å²) in [5.41, 5.74) is 2.32. The average molecular weight is 308 g/mol. The molecule has 1 aliphatic rings. The number of benzene rings is 1. The number of hydrogen-bond acceptors (Lipinski definition) is 3. The van der Waals surface area contributed by atoms with Crippen molar-refractivity contribution in [2.45, 2.75) is 44.9 Å². The van der Waals surface area contributed by atoms with Gasteiger partial charge in [-0.1, -0.05) is 31.4 Å². The predicted molar refractivity (Wildman–Crippen MR) is 84.8 cm³/mol. The van der Waals surface area contributed by atoms with Gasteiger partial charge in [0.2, 0.25) is 0 Å². The van der Waals surface area contributed by atoms with E-state index in [0.717, 1.165) is 12.0 Å². The summed E-state index contributed by atoms with van der Waals surface area (Å²) in [6, 6.07) is 5.45. The molecule has 0 spiro atoms. The van der Waals surface area contributed by atoms with Crippen LogP contribution in [0.15, 0.2) is 18.2 Å². The number of thiazole rings is 1. The van der Waals surface area contributed by atoms with Gasteiger partial charge in [0.15, 0.2) is 0 Å². The number of phenols is 1. The Bertz CT molecular complexity index is 617. The Balaban J connectivity index is 2.06. The van der Waals surface area contributed by atoms with Crippen molar-refractivity contribution < 1.29 is 5.11 Å². The number of aromatic nitrogens is 1. The molecular formula is C16H18ClNOS. The van der Waals surface area contributed by atoms with Crippen molar-refractivity contribution in [3.05, 3.63) is 33.9 Å². The number of phenolic OH excluding ortho intramolecular Hbond substituents is 1. The molecule has 1 fully saturated rings. The highest BCUT2D eigenvalue weighted by Crippen LogP contribution is 2.42. The molecule has 0 unspecified atom stereocenters. The Morgan fingerprint density at radius 1 is 1.35 bits per heavy atom. The summed E-state index contributed by atoms with van der Waals surface area (Å²) < 4.78 is 0. The van der Waals surface area contributed by atoms with Crippen LogP contribution in [-0.2, 0) is 6.42 Å². The summed E-state index contributed by atoms with van der Waals surface area (Å²) in [5, 5.41) is 11.2. The third-order valence-corrected chi connectivity index (χ3v) is 5.52. The van der Waals surface area contributed by atoms with Crippen LogP contribution in [0.2, 0.25) is 5.02 Å². The van der Waals surface area contributed by atoms with Crippen molar-refractivity contribution in [3.63, 3.8) is 0 Å². The Labute approximate surface area is 128 Å². The molecule has 1 heterocycles. The minimum absolute atomic E-state index is 0.137. The highest BCUT2D eigenvalue weighted by atomic mass is 35.5. The average Bonchev–Trinajstić information content (AvgIpc) is 3.09. The zero-order valence-corrected chi connectivity index (χ0v) is 13.1. The van der Waals surface area contributed by atoms with Crippen molar-refractivity contribution in [1.82, 2.24) is 4.98 Å². The fraction of sp³-hybridized carbons (Fsp3) is 0.438. The molecule has 0 amide bonds. The predicted octanol–water partition coefficient (Wildman–Crippen LogP) is 5.39. The topological polar surface area (TPSA) is 33.1 Å². The molecule has 1 aromatic heterocycles. The van der Waals surface area contributed by atoms with Gasteiger partial charge in [0.05, 0.1) is 20.6 Å². The highest BCUT2D eigenvalue weighted by molar-refractivity contribution is 7.15. The first-order valence-electron chi connectivity index (χ1n) is 7.17. The van der Waals surface area contributed by atoms with Crippen LogP contribution in [0.25, 0.3) is 10.4 Å². The van der Waals surface area contributed by atoms with E-state index in [1.165, 1.54) is 41.3 Å². The molecule has 0 bridgehead atoms. The second-order valence-electron chi connectivity index (χ2n) is 5.32. The lowest BCUT2D eigenvalue weighted by Gasteiger charge is -2.09. The Morgan fingerprint density at radius 2 is 2.10 bits per heavy atom. The zero-order valence-electron chi connectivity index (χ0n) is 11.5. The van der Waals surface area contributed by atoms with Crippen molar-refractivity contribution in [3.8, 4) is 16.2 Å². The van der Waals surface area contributed by atoms with E-state index < -0.39 is 0 Å². The molecule has 0 radical (unpaired) electrons. The molecule has 20 heavy (non-hydrogen) atoms. The van der Waals surface area contributed by atoms with Crippen molar-refractivity contribution >= 4 is 22.9 Å². The van der Waals surface area contributed by atoms with Gasteiger partial charge in [-0.15, -0.1) is 11.3 Å². The summed E-state index contributed by atoms with van der Waals surface area (Å²) in [7, 11) is 0. The Morgan fingerprint density at radius 3 is 2.75 bits per heavy atom. The molecular weight excluding hydrogens is 290 g/mol. The van der Waals surface area contributed by atoms with Gasteiger partial charge in [-0.2, -0.15) is 0 Å². The summed E-state index contributed by atoms with van der Waals surface area (Å²) >= 11 is 7.81. The van der Waals surface area contributed by atoms with Crippen molar-refractivity contribution in [2.75, 3.05) is 0 Å². The summed E-state index contributed by atoms with van der Waals surface area (Å²) in [6.07, 6.45) is 6.06. The van der Waals surface area contributed by atoms with E-state index in [2.05, 4.69) is 6.92 Å². The molecule has 4 heteroatoms. The van der Waals surface area contributed by atoms with E-state index in [0.29, 0.717) is 10.9 Å². The van der Waals surface area contributed by atoms with Gasteiger partial charge in [0.1, 0.15) is 5.75 Å². The SMILES string of the molecule is CCc1nc(C2CCCC2)c(-c2ccc(O)c(Cl)c2)s1. The monoisotopic (exact) mass is 307 g/mol. The zero-order chi connectivity index (χ0) is 14.1. The van der Waals surface area contributed by atoms with Gasteiger partial charge in [-0.25, -0.2) is 4.98 Å². The summed E-state index contributed by atoms with van der Waals surface area (Å²) in [5.74, 6) is 0.729. The maximum atomic E-state index is 9.58. The largest absolute Gasteiger partial charge is 0.506 e. The molecule has 2 nitrogen and oxygen atoms in total. The van der Waals surface area contributed by atoms with E-state index >= 15 is 0 Å². The molecule has 1 N–H and O–H groups in total. The number of aryl methyl sites for hydroxylation is 1. The quantitative estimate of drug-likeness (QED) is 0.824. The summed E-state index contributed by atoms with van der Waals surface area (Å²) in [4.78, 5) is 6.08. The molecule has 2 aromatic rings. The minimum Gasteiger partial charge on any atom is -0.506 e. The number of halogens is 1. The third kappa shape index (κ3) is 2.57. The third-order valence-electron chi connectivity index (χ3n) is 3.95. The molecule has 1 aromatic carbocycles. The van der Waals surface area contributed by atoms with Crippen LogP contribution in [0.4, 0.5) is 0 Å². The van der Waals surface area contributed by atoms with Gasteiger partial charge in [-0.05, 0) is 43.0 Å². The normalized spacial score (nSPS) is 15.9. The molecule has 3 rings (SSSR count). The van der Waals surface area contributed by atoms with E-state index in [1.807, 2.05) is 12.1 Å². The lowest BCUT2D eigenvalue weighted by molar-refractivity contribution is 0.475. The maximum Gasteiger partial charge on any atom is 0.134 e. The van der Waals surface area contributed by atoms with Gasteiger partial charge in [0.25, 0.3) is 0 Å². The van der Waals surface area contributed by atoms with Crippen LogP contribution in [0, 0.1) is 0 Å². The molecule has 1 saturated carbocycles. The first kappa shape index (κ1) is 13.9.